The number of ether oxygens (including phenoxy) is 1. The molecule has 1 aliphatic carbocycles. The van der Waals surface area contributed by atoms with E-state index in [-0.39, 0.29) is 36.0 Å². The summed E-state index contributed by atoms with van der Waals surface area (Å²) < 4.78 is 30.0. The molecule has 8 heteroatoms. The van der Waals surface area contributed by atoms with Crippen molar-refractivity contribution in [2.45, 2.75) is 43.8 Å². The topological polar surface area (TPSA) is 66.9 Å². The number of methoxy groups -OCH3 is 1. The summed E-state index contributed by atoms with van der Waals surface area (Å²) in [5.41, 5.74) is 0.638. The summed E-state index contributed by atoms with van der Waals surface area (Å²) in [5, 5.41) is 0.411. The molecule has 0 bridgehead atoms. The van der Waals surface area contributed by atoms with Gasteiger partial charge < -0.3 is 9.64 Å². The maximum Gasteiger partial charge on any atom is 0.241 e. The third-order valence-corrected chi connectivity index (χ3v) is 7.84. The monoisotopic (exact) mass is 398 g/mol. The molecule has 2 atom stereocenters. The summed E-state index contributed by atoms with van der Waals surface area (Å²) in [6, 6.07) is 5.00. The molecule has 2 saturated heterocycles. The quantitative estimate of drug-likeness (QED) is 0.780. The summed E-state index contributed by atoms with van der Waals surface area (Å²) >= 11 is 6.24. The number of carbonyl (C=O) groups is 1. The largest absolute Gasteiger partial charge is 0.495 e. The number of nitrogens with zero attached hydrogens (tertiary/aromatic N) is 2. The molecular weight excluding hydrogens is 376 g/mol. The summed E-state index contributed by atoms with van der Waals surface area (Å²) in [5.74, 6) is 0.609. The first kappa shape index (κ1) is 18.1. The Hall–Kier alpha value is -1.31. The smallest absolute Gasteiger partial charge is 0.241 e. The molecule has 142 valence electrons. The zero-order valence-electron chi connectivity index (χ0n) is 14.7. The molecule has 1 saturated carbocycles. The number of amides is 1. The van der Waals surface area contributed by atoms with Gasteiger partial charge in [-0.3, -0.25) is 9.69 Å². The molecule has 0 unspecified atom stereocenters. The number of anilines is 1. The van der Waals surface area contributed by atoms with Crippen molar-refractivity contribution < 1.29 is 17.9 Å². The van der Waals surface area contributed by atoms with Crippen LogP contribution in [0.5, 0.6) is 5.75 Å². The predicted molar refractivity (Wildman–Crippen MR) is 101 cm³/mol. The summed E-state index contributed by atoms with van der Waals surface area (Å²) in [6.07, 6.45) is 4.39. The molecule has 2 heterocycles. The molecule has 0 aromatic heterocycles. The van der Waals surface area contributed by atoms with Crippen LogP contribution in [0.4, 0.5) is 5.69 Å². The number of sulfone groups is 1. The zero-order valence-corrected chi connectivity index (χ0v) is 16.3. The van der Waals surface area contributed by atoms with Crippen molar-refractivity contribution in [3.05, 3.63) is 23.2 Å². The van der Waals surface area contributed by atoms with Gasteiger partial charge in [-0.15, -0.1) is 0 Å². The van der Waals surface area contributed by atoms with Gasteiger partial charge in [-0.2, -0.15) is 0 Å². The lowest BCUT2D eigenvalue weighted by Gasteiger charge is -2.46. The van der Waals surface area contributed by atoms with Crippen LogP contribution in [0.25, 0.3) is 0 Å². The third-order valence-electron chi connectivity index (χ3n) is 5.84. The Bertz CT molecular complexity index is 822. The number of fused-ring (bicyclic) bond motifs is 1. The van der Waals surface area contributed by atoms with Gasteiger partial charge in [-0.25, -0.2) is 8.42 Å². The maximum absolute atomic E-state index is 13.0. The Morgan fingerprint density at radius 3 is 2.50 bits per heavy atom. The second-order valence-electron chi connectivity index (χ2n) is 7.40. The number of benzene rings is 1. The minimum Gasteiger partial charge on any atom is -0.495 e. The molecule has 1 amide bonds. The highest BCUT2D eigenvalue weighted by Crippen LogP contribution is 2.38. The van der Waals surface area contributed by atoms with Crippen molar-refractivity contribution in [3.63, 3.8) is 0 Å². The van der Waals surface area contributed by atoms with Gasteiger partial charge in [0.2, 0.25) is 5.91 Å². The van der Waals surface area contributed by atoms with Crippen LogP contribution in [0, 0.1) is 0 Å². The second kappa shape index (κ2) is 6.69. The van der Waals surface area contributed by atoms with E-state index in [1.807, 2.05) is 0 Å². The molecule has 0 N–H and O–H groups in total. The van der Waals surface area contributed by atoms with Gasteiger partial charge >= 0.3 is 0 Å². The molecule has 1 aromatic rings. The van der Waals surface area contributed by atoms with Crippen LogP contribution < -0.4 is 9.64 Å². The molecule has 26 heavy (non-hydrogen) atoms. The number of halogens is 1. The third kappa shape index (κ3) is 3.10. The predicted octanol–water partition coefficient (Wildman–Crippen LogP) is 2.11. The maximum atomic E-state index is 13.0. The average molecular weight is 399 g/mol. The highest BCUT2D eigenvalue weighted by atomic mass is 35.5. The fraction of sp³-hybridized carbons (Fsp3) is 0.611. The van der Waals surface area contributed by atoms with Crippen molar-refractivity contribution in [2.24, 2.45) is 0 Å². The van der Waals surface area contributed by atoms with E-state index in [2.05, 4.69) is 4.90 Å². The van der Waals surface area contributed by atoms with Gasteiger partial charge in [0, 0.05) is 17.8 Å². The molecule has 0 spiro atoms. The molecule has 4 rings (SSSR count). The molecule has 0 radical (unpaired) electrons. The first-order valence-electron chi connectivity index (χ1n) is 9.01. The van der Waals surface area contributed by atoms with Crippen LogP contribution in [0.1, 0.15) is 25.7 Å². The van der Waals surface area contributed by atoms with Gasteiger partial charge in [-0.1, -0.05) is 24.4 Å². The minimum absolute atomic E-state index is 0.0102. The minimum atomic E-state index is -3.17. The average Bonchev–Trinajstić information content (AvgIpc) is 3.21. The first-order chi connectivity index (χ1) is 12.4. The van der Waals surface area contributed by atoms with Gasteiger partial charge in [-0.05, 0) is 31.0 Å². The van der Waals surface area contributed by atoms with Crippen molar-refractivity contribution in [3.8, 4) is 5.75 Å². The normalized spacial score (nSPS) is 29.2. The van der Waals surface area contributed by atoms with E-state index >= 15 is 0 Å². The van der Waals surface area contributed by atoms with Crippen LogP contribution in [-0.2, 0) is 14.6 Å². The fourth-order valence-electron chi connectivity index (χ4n) is 4.68. The van der Waals surface area contributed by atoms with Crippen LogP contribution >= 0.6 is 11.6 Å². The fourth-order valence-corrected chi connectivity index (χ4v) is 6.90. The lowest BCUT2D eigenvalue weighted by molar-refractivity contribution is -0.124. The van der Waals surface area contributed by atoms with Gasteiger partial charge in [0.25, 0.3) is 0 Å². The van der Waals surface area contributed by atoms with E-state index < -0.39 is 9.84 Å². The van der Waals surface area contributed by atoms with Crippen molar-refractivity contribution >= 4 is 33.0 Å². The number of piperazine rings is 1. The molecule has 3 fully saturated rings. The van der Waals surface area contributed by atoms with Crippen molar-refractivity contribution in [1.29, 1.82) is 0 Å². The number of hydrogen-bond donors (Lipinski definition) is 0. The van der Waals surface area contributed by atoms with E-state index in [9.17, 15) is 13.2 Å². The van der Waals surface area contributed by atoms with Crippen LogP contribution in [-0.4, -0.2) is 62.5 Å². The van der Waals surface area contributed by atoms with Gasteiger partial charge in [0.15, 0.2) is 9.84 Å². The Morgan fingerprint density at radius 1 is 1.15 bits per heavy atom. The first-order valence-corrected chi connectivity index (χ1v) is 11.2. The van der Waals surface area contributed by atoms with E-state index in [0.29, 0.717) is 22.5 Å². The second-order valence-corrected chi connectivity index (χ2v) is 9.97. The molecule has 3 aliphatic rings. The van der Waals surface area contributed by atoms with Crippen molar-refractivity contribution in [2.75, 3.05) is 30.1 Å². The summed E-state index contributed by atoms with van der Waals surface area (Å²) in [4.78, 5) is 16.8. The lowest BCUT2D eigenvalue weighted by atomic mass is 10.00. The molecular formula is C18H23ClN2O4S. The Kier molecular flexibility index (Phi) is 4.65. The van der Waals surface area contributed by atoms with Crippen molar-refractivity contribution in [1.82, 2.24) is 4.90 Å². The Labute approximate surface area is 159 Å². The van der Waals surface area contributed by atoms with E-state index in [1.165, 1.54) is 7.11 Å². The molecule has 2 aliphatic heterocycles. The number of carbonyl (C=O) groups excluding carboxylic acids is 1. The molecule has 6 nitrogen and oxygen atoms in total. The molecule has 1 aromatic carbocycles. The number of rotatable bonds is 3. The summed E-state index contributed by atoms with van der Waals surface area (Å²) in [6.45, 7) is 0.269. The van der Waals surface area contributed by atoms with E-state index in [0.717, 1.165) is 25.7 Å². The van der Waals surface area contributed by atoms with Crippen LogP contribution in [0.3, 0.4) is 0 Å². The Morgan fingerprint density at radius 2 is 1.85 bits per heavy atom. The van der Waals surface area contributed by atoms with E-state index in [4.69, 9.17) is 16.3 Å². The SMILES string of the molecule is COc1ccc(N2C(=O)CN(C3CCCC3)[C@@H]3CS(=O)(=O)C[C@H]32)cc1Cl. The zero-order chi connectivity index (χ0) is 18.5. The van der Waals surface area contributed by atoms with Gasteiger partial charge in [0.05, 0.1) is 36.2 Å². The highest BCUT2D eigenvalue weighted by molar-refractivity contribution is 7.91. The van der Waals surface area contributed by atoms with E-state index in [1.54, 1.807) is 23.1 Å². The van der Waals surface area contributed by atoms with Crippen LogP contribution in [0.2, 0.25) is 5.02 Å². The summed E-state index contributed by atoms with van der Waals surface area (Å²) in [7, 11) is -1.64. The highest BCUT2D eigenvalue weighted by Gasteiger charge is 2.51. The van der Waals surface area contributed by atoms with Gasteiger partial charge in [0.1, 0.15) is 5.75 Å². The van der Waals surface area contributed by atoms with Crippen LogP contribution in [0.15, 0.2) is 18.2 Å². The standard InChI is InChI=1S/C18H23ClN2O4S/c1-25-17-7-6-13(8-14(17)19)21-16-11-26(23,24)10-15(16)20(9-18(21)22)12-4-2-3-5-12/h6-8,12,15-16H,2-5,9-11H2,1H3/t15-,16-/m1/s1. The lowest BCUT2D eigenvalue weighted by Crippen LogP contribution is -2.64. The Balaban J connectivity index is 1.70. The number of hydrogen-bond acceptors (Lipinski definition) is 5.